The Balaban J connectivity index is 3.19. The number of halogens is 1. The minimum Gasteiger partial charge on any atom is -0.478 e. The molecule has 1 N–H and O–H groups in total. The van der Waals surface area contributed by atoms with Gasteiger partial charge in [-0.3, -0.25) is 0 Å². The monoisotopic (exact) mass is 365 g/mol. The number of carboxylic acid groups (broad SMARTS) is 1. The third kappa shape index (κ3) is 3.57. The molecule has 0 aliphatic carbocycles. The molecule has 1 aromatic rings. The molecule has 8 heteroatoms. The van der Waals surface area contributed by atoms with Crippen molar-refractivity contribution in [1.82, 2.24) is 4.31 Å². The molecule has 0 heterocycles. The molecular weight excluding hydrogens is 350 g/mol. The Morgan fingerprint density at radius 3 is 2.55 bits per heavy atom. The van der Waals surface area contributed by atoms with Gasteiger partial charge in [0.25, 0.3) is 0 Å². The average Bonchev–Trinajstić information content (AvgIpc) is 2.37. The van der Waals surface area contributed by atoms with Crippen LogP contribution in [0.3, 0.4) is 0 Å². The van der Waals surface area contributed by atoms with Crippen molar-refractivity contribution in [2.75, 3.05) is 20.8 Å². The van der Waals surface area contributed by atoms with Crippen molar-refractivity contribution in [2.45, 2.75) is 17.9 Å². The fourth-order valence-corrected chi connectivity index (χ4v) is 3.96. The first-order chi connectivity index (χ1) is 9.21. The Morgan fingerprint density at radius 2 is 2.10 bits per heavy atom. The maximum absolute atomic E-state index is 12.4. The van der Waals surface area contributed by atoms with E-state index >= 15 is 0 Å². The number of ether oxygens (including phenoxy) is 1. The smallest absolute Gasteiger partial charge is 0.335 e. The van der Waals surface area contributed by atoms with Crippen LogP contribution in [0.15, 0.2) is 27.6 Å². The Morgan fingerprint density at radius 1 is 1.50 bits per heavy atom. The van der Waals surface area contributed by atoms with Gasteiger partial charge >= 0.3 is 5.97 Å². The van der Waals surface area contributed by atoms with E-state index in [4.69, 9.17) is 9.84 Å². The fraction of sp³-hybridized carbons (Fsp3) is 0.417. The predicted molar refractivity (Wildman–Crippen MR) is 77.4 cm³/mol. The van der Waals surface area contributed by atoms with Gasteiger partial charge in [0.1, 0.15) is 0 Å². The SMILES string of the molecule is COCC(C)N(C)S(=O)(=O)c1ccc(C(=O)O)cc1Br. The highest BCUT2D eigenvalue weighted by atomic mass is 79.9. The van der Waals surface area contributed by atoms with E-state index in [0.717, 1.165) is 0 Å². The number of hydrogen-bond acceptors (Lipinski definition) is 4. The fourth-order valence-electron chi connectivity index (χ4n) is 1.58. The molecule has 112 valence electrons. The van der Waals surface area contributed by atoms with Gasteiger partial charge in [-0.05, 0) is 41.1 Å². The zero-order chi connectivity index (χ0) is 15.5. The van der Waals surface area contributed by atoms with Gasteiger partial charge < -0.3 is 9.84 Å². The molecular formula is C12H16BrNO5S. The molecule has 6 nitrogen and oxygen atoms in total. The van der Waals surface area contributed by atoms with E-state index in [1.807, 2.05) is 0 Å². The minimum atomic E-state index is -3.72. The number of carbonyl (C=O) groups is 1. The van der Waals surface area contributed by atoms with Crippen LogP contribution >= 0.6 is 15.9 Å². The number of benzene rings is 1. The summed E-state index contributed by atoms with van der Waals surface area (Å²) in [5, 5.41) is 8.87. The van der Waals surface area contributed by atoms with Crippen LogP contribution in [-0.4, -0.2) is 50.6 Å². The van der Waals surface area contributed by atoms with Gasteiger partial charge in [0.05, 0.1) is 17.1 Å². The molecule has 1 aromatic carbocycles. The highest BCUT2D eigenvalue weighted by Gasteiger charge is 2.27. The summed E-state index contributed by atoms with van der Waals surface area (Å²) in [5.74, 6) is -1.12. The molecule has 0 spiro atoms. The van der Waals surface area contributed by atoms with Gasteiger partial charge in [-0.1, -0.05) is 0 Å². The summed E-state index contributed by atoms with van der Waals surface area (Å²) in [7, 11) is -0.771. The predicted octanol–water partition coefficient (Wildman–Crippen LogP) is 1.80. The summed E-state index contributed by atoms with van der Waals surface area (Å²) < 4.78 is 31.2. The van der Waals surface area contributed by atoms with Crippen LogP contribution in [0.1, 0.15) is 17.3 Å². The highest BCUT2D eigenvalue weighted by Crippen LogP contribution is 2.26. The standard InChI is InChI=1S/C12H16BrNO5S/c1-8(7-19-3)14(2)20(17,18)11-5-4-9(12(15)16)6-10(11)13/h4-6,8H,7H2,1-3H3,(H,15,16). The molecule has 0 saturated carbocycles. The number of sulfonamides is 1. The molecule has 20 heavy (non-hydrogen) atoms. The summed E-state index contributed by atoms with van der Waals surface area (Å²) in [6.07, 6.45) is 0. The molecule has 1 rings (SSSR count). The molecule has 0 radical (unpaired) electrons. The molecule has 0 fully saturated rings. The topological polar surface area (TPSA) is 83.9 Å². The molecule has 0 saturated heterocycles. The Hall–Kier alpha value is -0.960. The van der Waals surface area contributed by atoms with Crippen molar-refractivity contribution in [2.24, 2.45) is 0 Å². The highest BCUT2D eigenvalue weighted by molar-refractivity contribution is 9.10. The second kappa shape index (κ2) is 6.66. The van der Waals surface area contributed by atoms with Crippen molar-refractivity contribution in [3.8, 4) is 0 Å². The lowest BCUT2D eigenvalue weighted by Crippen LogP contribution is -2.37. The summed E-state index contributed by atoms with van der Waals surface area (Å²) in [4.78, 5) is 10.9. The van der Waals surface area contributed by atoms with Crippen LogP contribution in [0.4, 0.5) is 0 Å². The number of methoxy groups -OCH3 is 1. The van der Waals surface area contributed by atoms with Crippen molar-refractivity contribution in [3.63, 3.8) is 0 Å². The number of carboxylic acids is 1. The third-order valence-corrected chi connectivity index (χ3v) is 5.81. The van der Waals surface area contributed by atoms with Gasteiger partial charge in [-0.25, -0.2) is 13.2 Å². The molecule has 1 atom stereocenters. The zero-order valence-corrected chi connectivity index (χ0v) is 13.7. The van der Waals surface area contributed by atoms with Crippen LogP contribution in [0, 0.1) is 0 Å². The van der Waals surface area contributed by atoms with Crippen molar-refractivity contribution in [1.29, 1.82) is 0 Å². The van der Waals surface area contributed by atoms with E-state index in [2.05, 4.69) is 15.9 Å². The molecule has 0 amide bonds. The first-order valence-electron chi connectivity index (χ1n) is 5.71. The first-order valence-corrected chi connectivity index (χ1v) is 7.95. The normalized spacial score (nSPS) is 13.4. The Bertz CT molecular complexity index is 602. The third-order valence-electron chi connectivity index (χ3n) is 2.86. The van der Waals surface area contributed by atoms with Gasteiger partial charge in [-0.2, -0.15) is 4.31 Å². The van der Waals surface area contributed by atoms with E-state index < -0.39 is 16.0 Å². The van der Waals surface area contributed by atoms with E-state index in [1.165, 1.54) is 36.7 Å². The van der Waals surface area contributed by atoms with E-state index in [1.54, 1.807) is 6.92 Å². The lowest BCUT2D eigenvalue weighted by molar-refractivity contribution is 0.0696. The number of nitrogens with zero attached hydrogens (tertiary/aromatic N) is 1. The number of rotatable bonds is 6. The first kappa shape index (κ1) is 17.1. The summed E-state index contributed by atoms with van der Waals surface area (Å²) >= 11 is 3.11. The Kier molecular flexibility index (Phi) is 5.69. The quantitative estimate of drug-likeness (QED) is 0.830. The summed E-state index contributed by atoms with van der Waals surface area (Å²) in [6, 6.07) is 3.47. The minimum absolute atomic E-state index is 0.0171. The molecule has 0 bridgehead atoms. The van der Waals surface area contributed by atoms with E-state index in [9.17, 15) is 13.2 Å². The van der Waals surface area contributed by atoms with Gasteiger partial charge in [-0.15, -0.1) is 0 Å². The second-order valence-corrected chi connectivity index (χ2v) is 7.10. The molecule has 0 aliphatic heterocycles. The average molecular weight is 366 g/mol. The van der Waals surface area contributed by atoms with Crippen LogP contribution in [0.2, 0.25) is 0 Å². The number of aromatic carboxylic acids is 1. The maximum Gasteiger partial charge on any atom is 0.335 e. The van der Waals surface area contributed by atoms with E-state index in [0.29, 0.717) is 0 Å². The largest absolute Gasteiger partial charge is 0.478 e. The van der Waals surface area contributed by atoms with Crippen molar-refractivity contribution < 1.29 is 23.1 Å². The van der Waals surface area contributed by atoms with Gasteiger partial charge in [0.2, 0.25) is 10.0 Å². The lowest BCUT2D eigenvalue weighted by atomic mass is 10.2. The second-order valence-electron chi connectivity index (χ2n) is 4.28. The number of hydrogen-bond donors (Lipinski definition) is 1. The molecule has 1 unspecified atom stereocenters. The number of likely N-dealkylation sites (N-methyl/N-ethyl adjacent to an activating group) is 1. The van der Waals surface area contributed by atoms with Crippen LogP contribution in [0.5, 0.6) is 0 Å². The molecule has 0 aliphatic rings. The summed E-state index contributed by atoms with van der Waals surface area (Å²) in [6.45, 7) is 1.99. The van der Waals surface area contributed by atoms with Crippen molar-refractivity contribution in [3.05, 3.63) is 28.2 Å². The van der Waals surface area contributed by atoms with E-state index in [-0.39, 0.29) is 27.6 Å². The van der Waals surface area contributed by atoms with Crippen LogP contribution < -0.4 is 0 Å². The van der Waals surface area contributed by atoms with Crippen LogP contribution in [-0.2, 0) is 14.8 Å². The zero-order valence-electron chi connectivity index (χ0n) is 11.3. The van der Waals surface area contributed by atoms with Gasteiger partial charge in [0, 0.05) is 24.7 Å². The van der Waals surface area contributed by atoms with Crippen LogP contribution in [0.25, 0.3) is 0 Å². The van der Waals surface area contributed by atoms with Gasteiger partial charge in [0.15, 0.2) is 0 Å². The summed E-state index contributed by atoms with van der Waals surface area (Å²) in [5.41, 5.74) is 0.0171. The molecule has 0 aromatic heterocycles. The van der Waals surface area contributed by atoms with Crippen molar-refractivity contribution >= 4 is 31.9 Å². The lowest BCUT2D eigenvalue weighted by Gasteiger charge is -2.24. The maximum atomic E-state index is 12.4. The Labute approximate surface area is 126 Å².